The van der Waals surface area contributed by atoms with Gasteiger partial charge in [-0.15, -0.1) is 11.3 Å². The summed E-state index contributed by atoms with van der Waals surface area (Å²) in [6.45, 7) is 4.01. The van der Waals surface area contributed by atoms with Crippen LogP contribution in [0.4, 0.5) is 5.95 Å². The minimum absolute atomic E-state index is 0.153. The quantitative estimate of drug-likeness (QED) is 0.586. The van der Waals surface area contributed by atoms with Crippen molar-refractivity contribution >= 4 is 34.2 Å². The van der Waals surface area contributed by atoms with Crippen molar-refractivity contribution < 1.29 is 4.79 Å². The van der Waals surface area contributed by atoms with Crippen LogP contribution in [0.3, 0.4) is 0 Å². The van der Waals surface area contributed by atoms with Crippen molar-refractivity contribution in [2.75, 3.05) is 5.32 Å². The van der Waals surface area contributed by atoms with Gasteiger partial charge in [0.2, 0.25) is 5.95 Å². The topological polar surface area (TPSA) is 62.7 Å². The zero-order chi connectivity index (χ0) is 16.7. The van der Waals surface area contributed by atoms with Crippen LogP contribution in [0.25, 0.3) is 16.0 Å². The molecule has 1 aromatic carbocycles. The summed E-state index contributed by atoms with van der Waals surface area (Å²) in [6, 6.07) is 11.6. The summed E-state index contributed by atoms with van der Waals surface area (Å²) >= 11 is 1.61. The lowest BCUT2D eigenvalue weighted by molar-refractivity contribution is 0.102. The number of carbonyl (C=O) groups excluding carboxylic acids is 1. The number of thiophene rings is 1. The van der Waals surface area contributed by atoms with Gasteiger partial charge >= 0.3 is 0 Å². The Kier molecular flexibility index (Phi) is 3.46. The summed E-state index contributed by atoms with van der Waals surface area (Å²) in [4.78, 5) is 21.5. The summed E-state index contributed by atoms with van der Waals surface area (Å²) < 4.78 is 1.97. The number of hydrogen-bond acceptors (Lipinski definition) is 3. The molecule has 24 heavy (non-hydrogen) atoms. The number of anilines is 1. The SMILES string of the molecule is Cc1sc(-n2cccc2)c(C(=O)Nc2nc3ccccc3[nH]2)c1C. The van der Waals surface area contributed by atoms with Gasteiger partial charge in [0, 0.05) is 17.3 Å². The first-order valence-corrected chi connectivity index (χ1v) is 8.44. The number of hydrogen-bond donors (Lipinski definition) is 2. The first-order valence-electron chi connectivity index (χ1n) is 7.63. The predicted molar refractivity (Wildman–Crippen MR) is 97.2 cm³/mol. The van der Waals surface area contributed by atoms with E-state index in [1.807, 2.05) is 67.2 Å². The van der Waals surface area contributed by atoms with Crippen LogP contribution in [0.1, 0.15) is 20.8 Å². The van der Waals surface area contributed by atoms with Gasteiger partial charge in [-0.05, 0) is 43.7 Å². The summed E-state index contributed by atoms with van der Waals surface area (Å²) in [5, 5.41) is 3.81. The molecule has 0 radical (unpaired) electrons. The van der Waals surface area contributed by atoms with Gasteiger partial charge in [0.1, 0.15) is 5.00 Å². The molecule has 0 aliphatic heterocycles. The van der Waals surface area contributed by atoms with Crippen LogP contribution < -0.4 is 5.32 Å². The molecule has 0 bridgehead atoms. The second-order valence-electron chi connectivity index (χ2n) is 5.61. The van der Waals surface area contributed by atoms with Crippen LogP contribution in [0, 0.1) is 13.8 Å². The molecule has 6 heteroatoms. The minimum Gasteiger partial charge on any atom is -0.324 e. The molecule has 3 aromatic heterocycles. The third-order valence-corrected chi connectivity index (χ3v) is 5.27. The molecule has 4 aromatic rings. The fraction of sp³-hybridized carbons (Fsp3) is 0.111. The highest BCUT2D eigenvalue weighted by Crippen LogP contribution is 2.31. The monoisotopic (exact) mass is 336 g/mol. The number of carbonyl (C=O) groups is 1. The van der Waals surface area contributed by atoms with Crippen LogP contribution in [-0.2, 0) is 0 Å². The van der Waals surface area contributed by atoms with Crippen molar-refractivity contribution in [2.24, 2.45) is 0 Å². The smallest absolute Gasteiger partial charge is 0.261 e. The first kappa shape index (κ1) is 14.7. The van der Waals surface area contributed by atoms with Gasteiger partial charge in [-0.1, -0.05) is 12.1 Å². The van der Waals surface area contributed by atoms with E-state index >= 15 is 0 Å². The van der Waals surface area contributed by atoms with E-state index in [4.69, 9.17) is 0 Å². The van der Waals surface area contributed by atoms with Crippen LogP contribution in [-0.4, -0.2) is 20.4 Å². The first-order chi connectivity index (χ1) is 11.6. The fourth-order valence-electron chi connectivity index (χ4n) is 2.71. The maximum absolute atomic E-state index is 12.9. The van der Waals surface area contributed by atoms with E-state index in [-0.39, 0.29) is 5.91 Å². The molecule has 3 heterocycles. The molecule has 5 nitrogen and oxygen atoms in total. The van der Waals surface area contributed by atoms with E-state index < -0.39 is 0 Å². The maximum Gasteiger partial charge on any atom is 0.261 e. The second-order valence-corrected chi connectivity index (χ2v) is 6.81. The molecule has 0 aliphatic rings. The van der Waals surface area contributed by atoms with Gasteiger partial charge in [-0.2, -0.15) is 0 Å². The van der Waals surface area contributed by atoms with Crippen molar-refractivity contribution in [3.63, 3.8) is 0 Å². The summed E-state index contributed by atoms with van der Waals surface area (Å²) in [5.74, 6) is 0.308. The highest BCUT2D eigenvalue weighted by Gasteiger charge is 2.21. The summed E-state index contributed by atoms with van der Waals surface area (Å²) in [7, 11) is 0. The third-order valence-electron chi connectivity index (χ3n) is 4.05. The Morgan fingerprint density at radius 3 is 2.67 bits per heavy atom. The third kappa shape index (κ3) is 2.41. The Labute approximate surface area is 143 Å². The Hall–Kier alpha value is -2.86. The Bertz CT molecular complexity index is 994. The minimum atomic E-state index is -0.153. The number of imidazole rings is 1. The number of H-pyrrole nitrogens is 1. The highest BCUT2D eigenvalue weighted by atomic mass is 32.1. The molecule has 0 fully saturated rings. The van der Waals surface area contributed by atoms with Gasteiger partial charge in [0.15, 0.2) is 0 Å². The molecular weight excluding hydrogens is 320 g/mol. The molecule has 0 atom stereocenters. The second kappa shape index (κ2) is 5.65. The average molecular weight is 336 g/mol. The van der Waals surface area contributed by atoms with Crippen molar-refractivity contribution in [1.29, 1.82) is 0 Å². The standard InChI is InChI=1S/C18H16N4OS/c1-11-12(2)24-17(22-9-5-6-10-22)15(11)16(23)21-18-19-13-7-3-4-8-14(13)20-18/h3-10H,1-2H3,(H2,19,20,21,23). The maximum atomic E-state index is 12.9. The largest absolute Gasteiger partial charge is 0.324 e. The van der Waals surface area contributed by atoms with Crippen molar-refractivity contribution in [3.05, 3.63) is 64.8 Å². The summed E-state index contributed by atoms with van der Waals surface area (Å²) in [5.41, 5.74) is 3.42. The number of nitrogens with zero attached hydrogens (tertiary/aromatic N) is 2. The molecule has 0 spiro atoms. The molecule has 2 N–H and O–H groups in total. The van der Waals surface area contributed by atoms with E-state index in [0.717, 1.165) is 26.5 Å². The number of amides is 1. The molecule has 0 unspecified atom stereocenters. The van der Waals surface area contributed by atoms with Crippen molar-refractivity contribution in [2.45, 2.75) is 13.8 Å². The molecular formula is C18H16N4OS. The molecule has 0 aliphatic carbocycles. The van der Waals surface area contributed by atoms with E-state index in [9.17, 15) is 4.79 Å². The van der Waals surface area contributed by atoms with Crippen molar-refractivity contribution in [3.8, 4) is 5.00 Å². The number of aryl methyl sites for hydroxylation is 1. The van der Waals surface area contributed by atoms with E-state index in [1.54, 1.807) is 11.3 Å². The molecule has 0 saturated heterocycles. The normalized spacial score (nSPS) is 11.1. The average Bonchev–Trinajstić information content (AvgIpc) is 3.27. The Balaban J connectivity index is 1.72. The van der Waals surface area contributed by atoms with Crippen LogP contribution in [0.15, 0.2) is 48.8 Å². The van der Waals surface area contributed by atoms with Gasteiger partial charge in [-0.25, -0.2) is 4.98 Å². The lowest BCUT2D eigenvalue weighted by Crippen LogP contribution is -2.15. The number of fused-ring (bicyclic) bond motifs is 1. The van der Waals surface area contributed by atoms with E-state index in [0.29, 0.717) is 11.5 Å². The lowest BCUT2D eigenvalue weighted by atomic mass is 10.1. The van der Waals surface area contributed by atoms with Crippen LogP contribution >= 0.6 is 11.3 Å². The number of para-hydroxylation sites is 2. The predicted octanol–water partition coefficient (Wildman–Crippen LogP) is 4.28. The molecule has 120 valence electrons. The van der Waals surface area contributed by atoms with E-state index in [1.165, 1.54) is 0 Å². The van der Waals surface area contributed by atoms with E-state index in [2.05, 4.69) is 15.3 Å². The van der Waals surface area contributed by atoms with Crippen molar-refractivity contribution in [1.82, 2.24) is 14.5 Å². The number of benzene rings is 1. The number of rotatable bonds is 3. The highest BCUT2D eigenvalue weighted by molar-refractivity contribution is 7.15. The molecule has 1 amide bonds. The molecule has 4 rings (SSSR count). The van der Waals surface area contributed by atoms with Gasteiger partial charge in [0.25, 0.3) is 5.91 Å². The van der Waals surface area contributed by atoms with Gasteiger partial charge < -0.3 is 9.55 Å². The van der Waals surface area contributed by atoms with Crippen LogP contribution in [0.2, 0.25) is 0 Å². The number of aromatic nitrogens is 3. The Morgan fingerprint density at radius 1 is 1.17 bits per heavy atom. The van der Waals surface area contributed by atoms with Crippen LogP contribution in [0.5, 0.6) is 0 Å². The molecule has 0 saturated carbocycles. The number of aromatic amines is 1. The fourth-order valence-corrected chi connectivity index (χ4v) is 3.83. The lowest BCUT2D eigenvalue weighted by Gasteiger charge is -2.06. The Morgan fingerprint density at radius 2 is 1.92 bits per heavy atom. The number of nitrogens with one attached hydrogen (secondary N) is 2. The zero-order valence-electron chi connectivity index (χ0n) is 13.3. The summed E-state index contributed by atoms with van der Waals surface area (Å²) in [6.07, 6.45) is 3.89. The zero-order valence-corrected chi connectivity index (χ0v) is 14.1. The van der Waals surface area contributed by atoms with Gasteiger partial charge in [-0.3, -0.25) is 10.1 Å². The van der Waals surface area contributed by atoms with Gasteiger partial charge in [0.05, 0.1) is 16.6 Å².